The molecule has 0 unspecified atom stereocenters. The molecule has 0 saturated carbocycles. The van der Waals surface area contributed by atoms with Crippen molar-refractivity contribution in [3.8, 4) is 0 Å². The van der Waals surface area contributed by atoms with E-state index in [2.05, 4.69) is 10.3 Å². The summed E-state index contributed by atoms with van der Waals surface area (Å²) in [5.41, 5.74) is -1.36. The lowest BCUT2D eigenvalue weighted by atomic mass is 9.74. The van der Waals surface area contributed by atoms with E-state index in [-0.39, 0.29) is 48.8 Å². The van der Waals surface area contributed by atoms with Gasteiger partial charge >= 0.3 is 12.5 Å². The molecule has 3 rings (SSSR count). The Hall–Kier alpha value is -2.55. The number of nitrogens with zero attached hydrogens (tertiary/aromatic N) is 2. The Kier molecular flexibility index (Phi) is 7.65. The molecule has 0 bridgehead atoms. The maximum absolute atomic E-state index is 14.8. The van der Waals surface area contributed by atoms with Gasteiger partial charge < -0.3 is 10.1 Å². The fraction of sp³-hybridized carbons (Fsp3) is 0.417. The number of rotatable bonds is 5. The van der Waals surface area contributed by atoms with Crippen LogP contribution in [0, 0.1) is 5.82 Å². The maximum atomic E-state index is 14.8. The van der Waals surface area contributed by atoms with E-state index in [9.17, 15) is 18.8 Å². The number of imide groups is 1. The molecule has 2 heterocycles. The Morgan fingerprint density at radius 3 is 2.47 bits per heavy atom. The van der Waals surface area contributed by atoms with Crippen LogP contribution in [-0.4, -0.2) is 53.1 Å². The molecule has 1 aromatic carbocycles. The van der Waals surface area contributed by atoms with Crippen LogP contribution in [0.4, 0.5) is 9.18 Å². The van der Waals surface area contributed by atoms with Crippen molar-refractivity contribution in [2.75, 3.05) is 19.6 Å². The summed E-state index contributed by atoms with van der Waals surface area (Å²) in [7, 11) is 0. The molecule has 0 spiro atoms. The van der Waals surface area contributed by atoms with E-state index in [0.29, 0.717) is 5.02 Å². The van der Waals surface area contributed by atoms with Gasteiger partial charge in [0.05, 0.1) is 29.4 Å². The number of carbonyl (C=O) groups is 2. The molecule has 1 aliphatic heterocycles. The first-order valence-corrected chi connectivity index (χ1v) is 11.5. The second-order valence-corrected chi connectivity index (χ2v) is 10.3. The standard InChI is InChI=1S/C24H26Cl2FN3O4/c1-23(2,3)34-22(33)30(15-31)11-8-24(9-12-30,20-19(27)5-4-10-28-20)14-29-21(32)17-7-6-16(25)13-18(17)26/h4-7,10,13H,8-9,11-12,14H2,1-3H3,(H,29,32)/q+1. The highest BCUT2D eigenvalue weighted by molar-refractivity contribution is 6.36. The van der Waals surface area contributed by atoms with Gasteiger partial charge in [0.2, 0.25) is 0 Å². The van der Waals surface area contributed by atoms with Gasteiger partial charge in [-0.05, 0) is 51.1 Å². The summed E-state index contributed by atoms with van der Waals surface area (Å²) in [6.07, 6.45) is 2.95. The van der Waals surface area contributed by atoms with E-state index in [4.69, 9.17) is 27.9 Å². The number of aromatic nitrogens is 1. The Bertz CT molecular complexity index is 1100. The van der Waals surface area contributed by atoms with Crippen molar-refractivity contribution in [1.29, 1.82) is 0 Å². The smallest absolute Gasteiger partial charge is 0.414 e. The highest BCUT2D eigenvalue weighted by Crippen LogP contribution is 2.38. The molecule has 1 saturated heterocycles. The maximum Gasteiger partial charge on any atom is 0.524 e. The number of piperidine rings is 1. The Morgan fingerprint density at radius 2 is 1.91 bits per heavy atom. The molecule has 181 valence electrons. The summed E-state index contributed by atoms with van der Waals surface area (Å²) in [6.45, 7) is 5.19. The van der Waals surface area contributed by atoms with Crippen molar-refractivity contribution in [3.63, 3.8) is 0 Å². The quantitative estimate of drug-likeness (QED) is 0.584. The number of likely N-dealkylation sites (tertiary alicyclic amines) is 1. The van der Waals surface area contributed by atoms with Crippen LogP contribution in [0.2, 0.25) is 10.0 Å². The van der Waals surface area contributed by atoms with Gasteiger partial charge in [0.25, 0.3) is 5.91 Å². The van der Waals surface area contributed by atoms with Gasteiger partial charge in [0, 0.05) is 36.0 Å². The molecule has 0 atom stereocenters. The zero-order valence-corrected chi connectivity index (χ0v) is 20.7. The molecule has 0 aliphatic carbocycles. The fourth-order valence-electron chi connectivity index (χ4n) is 4.00. The molecule has 3 amide bonds. The lowest BCUT2D eigenvalue weighted by Crippen LogP contribution is -2.61. The number of ether oxygens (including phenoxy) is 1. The van der Waals surface area contributed by atoms with E-state index in [1.165, 1.54) is 30.5 Å². The predicted octanol–water partition coefficient (Wildman–Crippen LogP) is 4.81. The lowest BCUT2D eigenvalue weighted by molar-refractivity contribution is -0.774. The number of nitrogens with one attached hydrogen (secondary N) is 1. The molecule has 7 nitrogen and oxygen atoms in total. The van der Waals surface area contributed by atoms with Crippen LogP contribution in [0.5, 0.6) is 0 Å². The van der Waals surface area contributed by atoms with Gasteiger partial charge in [0.15, 0.2) is 0 Å². The number of carbonyl (C=O) groups excluding carboxylic acids is 3. The van der Waals surface area contributed by atoms with Crippen LogP contribution < -0.4 is 5.32 Å². The minimum absolute atomic E-state index is 0.0197. The SMILES string of the molecule is CC(C)(C)OC(=O)[N+]1([C]=O)CCC(CNC(=O)c2ccc(Cl)cc2Cl)(c2ncccc2F)CC1. The van der Waals surface area contributed by atoms with Gasteiger partial charge in [0.1, 0.15) is 11.4 Å². The number of halogens is 3. The minimum Gasteiger partial charge on any atom is -0.414 e. The van der Waals surface area contributed by atoms with Crippen molar-refractivity contribution in [3.05, 3.63) is 63.6 Å². The normalized spacial score (nSPS) is 22.6. The largest absolute Gasteiger partial charge is 0.524 e. The van der Waals surface area contributed by atoms with E-state index >= 15 is 0 Å². The lowest BCUT2D eigenvalue weighted by Gasteiger charge is -2.42. The summed E-state index contributed by atoms with van der Waals surface area (Å²) in [5.74, 6) is -0.994. The number of pyridine rings is 1. The van der Waals surface area contributed by atoms with Crippen molar-refractivity contribution in [2.24, 2.45) is 0 Å². The summed E-state index contributed by atoms with van der Waals surface area (Å²) < 4.78 is 19.6. The molecule has 2 aromatic rings. The molecule has 1 aromatic heterocycles. The fourth-order valence-corrected chi connectivity index (χ4v) is 4.49. The zero-order chi connectivity index (χ0) is 25.1. The van der Waals surface area contributed by atoms with E-state index in [1.807, 2.05) is 6.41 Å². The van der Waals surface area contributed by atoms with Gasteiger partial charge in [-0.25, -0.2) is 9.18 Å². The molecule has 34 heavy (non-hydrogen) atoms. The third-order valence-electron chi connectivity index (χ3n) is 5.89. The van der Waals surface area contributed by atoms with Crippen LogP contribution in [0.15, 0.2) is 36.5 Å². The summed E-state index contributed by atoms with van der Waals surface area (Å²) in [5, 5.41) is 3.39. The average Bonchev–Trinajstić information content (AvgIpc) is 2.77. The Morgan fingerprint density at radius 1 is 1.24 bits per heavy atom. The van der Waals surface area contributed by atoms with Crippen LogP contribution in [0.1, 0.15) is 49.7 Å². The summed E-state index contributed by atoms with van der Waals surface area (Å²) in [6, 6.07) is 7.27. The predicted molar refractivity (Wildman–Crippen MR) is 126 cm³/mol. The average molecular weight is 510 g/mol. The van der Waals surface area contributed by atoms with Crippen LogP contribution in [0.25, 0.3) is 0 Å². The van der Waals surface area contributed by atoms with Gasteiger partial charge in [-0.2, -0.15) is 4.79 Å². The zero-order valence-electron chi connectivity index (χ0n) is 19.2. The van der Waals surface area contributed by atoms with Crippen molar-refractivity contribution < 1.29 is 28.0 Å². The van der Waals surface area contributed by atoms with Crippen LogP contribution in [-0.2, 0) is 14.9 Å². The number of hydrogen-bond donors (Lipinski definition) is 1. The molecular formula is C24H26Cl2FN3O4+. The number of amides is 3. The summed E-state index contributed by atoms with van der Waals surface area (Å²) in [4.78, 5) is 41.8. The molecule has 1 fully saturated rings. The first kappa shape index (κ1) is 26.1. The van der Waals surface area contributed by atoms with Crippen LogP contribution in [0.3, 0.4) is 0 Å². The van der Waals surface area contributed by atoms with Gasteiger partial charge in [-0.15, -0.1) is 4.48 Å². The van der Waals surface area contributed by atoms with Crippen molar-refractivity contribution >= 4 is 41.6 Å². The molecule has 1 radical (unpaired) electrons. The van der Waals surface area contributed by atoms with E-state index in [1.54, 1.807) is 26.8 Å². The number of benzene rings is 1. The first-order valence-electron chi connectivity index (χ1n) is 10.8. The first-order chi connectivity index (χ1) is 15.9. The second-order valence-electron chi connectivity index (χ2n) is 9.41. The monoisotopic (exact) mass is 509 g/mol. The second kappa shape index (κ2) is 9.98. The molecule has 1 N–H and O–H groups in total. The Labute approximate surface area is 207 Å². The summed E-state index contributed by atoms with van der Waals surface area (Å²) >= 11 is 12.1. The van der Waals surface area contributed by atoms with Gasteiger partial charge in [-0.3, -0.25) is 9.78 Å². The molecule has 10 heteroatoms. The van der Waals surface area contributed by atoms with E-state index in [0.717, 1.165) is 0 Å². The number of quaternary nitrogens is 1. The minimum atomic E-state index is -0.958. The van der Waals surface area contributed by atoms with Crippen molar-refractivity contribution in [1.82, 2.24) is 10.3 Å². The van der Waals surface area contributed by atoms with Crippen molar-refractivity contribution in [2.45, 2.75) is 44.6 Å². The number of hydrogen-bond acceptors (Lipinski definition) is 5. The van der Waals surface area contributed by atoms with Crippen LogP contribution >= 0.6 is 23.2 Å². The third-order valence-corrected chi connectivity index (χ3v) is 6.43. The van der Waals surface area contributed by atoms with Gasteiger partial charge in [-0.1, -0.05) is 23.2 Å². The highest BCUT2D eigenvalue weighted by atomic mass is 35.5. The molecular weight excluding hydrogens is 484 g/mol. The highest BCUT2D eigenvalue weighted by Gasteiger charge is 2.52. The topological polar surface area (TPSA) is 85.4 Å². The Balaban J connectivity index is 1.87. The molecule has 1 aliphatic rings. The third kappa shape index (κ3) is 5.56. The van der Waals surface area contributed by atoms with E-state index < -0.39 is 33.3 Å².